The van der Waals surface area contributed by atoms with Gasteiger partial charge in [-0.05, 0) is 25.1 Å². The lowest BCUT2D eigenvalue weighted by molar-refractivity contribution is -0.138. The molecule has 0 aliphatic rings. The zero-order chi connectivity index (χ0) is 24.7. The molecule has 3 aromatic heterocycles. The number of carbonyl (C=O) groups excluding carboxylic acids is 1. The van der Waals surface area contributed by atoms with E-state index >= 15 is 0 Å². The van der Waals surface area contributed by atoms with E-state index in [1.807, 2.05) is 52.9 Å². The van der Waals surface area contributed by atoms with Gasteiger partial charge in [-0.15, -0.1) is 0 Å². The maximum atomic E-state index is 12.2. The van der Waals surface area contributed by atoms with Crippen LogP contribution in [0.5, 0.6) is 0 Å². The first-order valence-electron chi connectivity index (χ1n) is 10.7. The van der Waals surface area contributed by atoms with Gasteiger partial charge in [-0.2, -0.15) is 13.2 Å². The summed E-state index contributed by atoms with van der Waals surface area (Å²) in [7, 11) is 0. The maximum Gasteiger partial charge on any atom is 0.405 e. The number of rotatable bonds is 5. The summed E-state index contributed by atoms with van der Waals surface area (Å²) in [5, 5.41) is 5.43. The van der Waals surface area contributed by atoms with Crippen LogP contribution in [-0.2, 0) is 4.79 Å². The average molecular weight is 455 g/mol. The molecule has 0 unspecified atom stereocenters. The van der Waals surface area contributed by atoms with Crippen molar-refractivity contribution < 1.29 is 18.0 Å². The lowest BCUT2D eigenvalue weighted by Crippen LogP contribution is -2.42. The van der Waals surface area contributed by atoms with Crippen molar-refractivity contribution in [2.75, 3.05) is 11.9 Å². The predicted octanol–water partition coefficient (Wildman–Crippen LogP) is 5.58. The van der Waals surface area contributed by atoms with Crippen LogP contribution in [-0.4, -0.2) is 44.6 Å². The van der Waals surface area contributed by atoms with Gasteiger partial charge in [0.1, 0.15) is 24.1 Å². The number of hydrogen-bond acceptors (Lipinski definition) is 5. The molecule has 32 heavy (non-hydrogen) atoms. The lowest BCUT2D eigenvalue weighted by Gasteiger charge is -2.15. The Morgan fingerprint density at radius 1 is 1.06 bits per heavy atom. The Morgan fingerprint density at radius 2 is 1.72 bits per heavy atom. The quantitative estimate of drug-likeness (QED) is 0.468. The van der Waals surface area contributed by atoms with Gasteiger partial charge in [-0.3, -0.25) is 4.79 Å². The van der Waals surface area contributed by atoms with Crippen LogP contribution in [0.1, 0.15) is 48.5 Å². The second-order valence-corrected chi connectivity index (χ2v) is 5.57. The molecule has 0 fully saturated rings. The highest BCUT2D eigenvalue weighted by Gasteiger charge is 2.28. The van der Waals surface area contributed by atoms with E-state index in [1.54, 1.807) is 18.5 Å². The van der Waals surface area contributed by atoms with Crippen LogP contribution in [0.2, 0.25) is 0 Å². The Labute approximate surface area is 187 Å². The van der Waals surface area contributed by atoms with Gasteiger partial charge in [-0.25, -0.2) is 15.0 Å². The van der Waals surface area contributed by atoms with Crippen LogP contribution in [0.15, 0.2) is 36.8 Å². The molecule has 0 saturated heterocycles. The van der Waals surface area contributed by atoms with Gasteiger partial charge in [0.05, 0.1) is 0 Å². The number of nitrogens with one attached hydrogen (secondary N) is 3. The fraction of sp³-hybridized carbons (Fsp3) is 0.455. The molecule has 3 N–H and O–H groups in total. The van der Waals surface area contributed by atoms with Crippen molar-refractivity contribution >= 4 is 22.8 Å². The number of hydrogen-bond donors (Lipinski definition) is 3. The second kappa shape index (κ2) is 14.8. The van der Waals surface area contributed by atoms with Gasteiger partial charge in [0.2, 0.25) is 5.91 Å². The molecule has 178 valence electrons. The number of nitrogens with zero attached hydrogens (tertiary/aromatic N) is 3. The van der Waals surface area contributed by atoms with Gasteiger partial charge in [0.25, 0.3) is 0 Å². The average Bonchev–Trinajstić information content (AvgIpc) is 3.25. The molecule has 0 spiro atoms. The van der Waals surface area contributed by atoms with E-state index in [-0.39, 0.29) is 0 Å². The summed E-state index contributed by atoms with van der Waals surface area (Å²) in [6, 6.07) is 4.29. The fourth-order valence-corrected chi connectivity index (χ4v) is 2.34. The molecule has 3 heterocycles. The van der Waals surface area contributed by atoms with E-state index < -0.39 is 24.7 Å². The minimum absolute atomic E-state index is 0.322. The van der Waals surface area contributed by atoms with E-state index in [0.717, 1.165) is 10.9 Å². The Hall–Kier alpha value is -3.17. The monoisotopic (exact) mass is 454 g/mol. The molecule has 10 heteroatoms. The van der Waals surface area contributed by atoms with Crippen molar-refractivity contribution in [3.05, 3.63) is 36.8 Å². The number of halogens is 3. The summed E-state index contributed by atoms with van der Waals surface area (Å²) in [5.74, 6) is -0.0566. The smallest absolute Gasteiger partial charge is 0.359 e. The summed E-state index contributed by atoms with van der Waals surface area (Å²) < 4.78 is 36.5. The number of aromatic amines is 1. The van der Waals surface area contributed by atoms with Crippen molar-refractivity contribution in [3.8, 4) is 11.4 Å². The first kappa shape index (κ1) is 28.8. The summed E-state index contributed by atoms with van der Waals surface area (Å²) >= 11 is 0. The first-order valence-corrected chi connectivity index (χ1v) is 10.7. The van der Waals surface area contributed by atoms with Gasteiger partial charge >= 0.3 is 6.18 Å². The lowest BCUT2D eigenvalue weighted by atomic mass is 10.2. The molecular formula is C22H33F3N6O. The molecule has 7 nitrogen and oxygen atoms in total. The van der Waals surface area contributed by atoms with E-state index in [0.29, 0.717) is 17.3 Å². The molecule has 0 saturated carbocycles. The molecule has 3 aromatic rings. The number of H-pyrrole nitrogens is 1. The highest BCUT2D eigenvalue weighted by atomic mass is 19.4. The van der Waals surface area contributed by atoms with E-state index in [4.69, 9.17) is 0 Å². The molecule has 0 aliphatic heterocycles. The van der Waals surface area contributed by atoms with Crippen LogP contribution in [0.4, 0.5) is 19.0 Å². The standard InChI is InChI=1S/C16H15F3N6O.3C2H6/c1-9(15(26)23-8-16(17,18)19)24-12-4-6-21-14(25-12)11-7-22-13-10(11)3-2-5-20-13;3*1-2/h2-7,9H,8H2,1H3,(H,20,22)(H,23,26)(H,21,24,25);3*1-2H3/t9-;;;/m0.../s1. The van der Waals surface area contributed by atoms with E-state index in [9.17, 15) is 18.0 Å². The Bertz CT molecular complexity index is 927. The predicted molar refractivity (Wildman–Crippen MR) is 123 cm³/mol. The number of pyridine rings is 1. The highest BCUT2D eigenvalue weighted by Crippen LogP contribution is 2.25. The van der Waals surface area contributed by atoms with Crippen molar-refractivity contribution in [2.45, 2.75) is 60.7 Å². The van der Waals surface area contributed by atoms with Gasteiger partial charge < -0.3 is 15.6 Å². The Balaban J connectivity index is 0.00000148. The van der Waals surface area contributed by atoms with Crippen LogP contribution in [0, 0.1) is 0 Å². The summed E-state index contributed by atoms with van der Waals surface area (Å²) in [4.78, 5) is 27.5. The Kier molecular flexibility index (Phi) is 13.3. The number of fused-ring (bicyclic) bond motifs is 1. The van der Waals surface area contributed by atoms with Crippen molar-refractivity contribution in [1.29, 1.82) is 0 Å². The molecule has 1 amide bonds. The first-order chi connectivity index (χ1) is 15.3. The van der Waals surface area contributed by atoms with Crippen molar-refractivity contribution in [3.63, 3.8) is 0 Å². The maximum absolute atomic E-state index is 12.2. The van der Waals surface area contributed by atoms with Gasteiger partial charge in [0, 0.05) is 29.5 Å². The van der Waals surface area contributed by atoms with E-state index in [1.165, 1.54) is 19.2 Å². The van der Waals surface area contributed by atoms with E-state index in [2.05, 4.69) is 25.3 Å². The second-order valence-electron chi connectivity index (χ2n) is 5.57. The van der Waals surface area contributed by atoms with Crippen molar-refractivity contribution in [2.24, 2.45) is 0 Å². The van der Waals surface area contributed by atoms with Crippen LogP contribution >= 0.6 is 0 Å². The topological polar surface area (TPSA) is 95.6 Å². The number of carbonyl (C=O) groups is 1. The van der Waals surface area contributed by atoms with Gasteiger partial charge in [0.15, 0.2) is 5.82 Å². The molecule has 0 radical (unpaired) electrons. The largest absolute Gasteiger partial charge is 0.405 e. The number of amides is 1. The number of alkyl halides is 3. The SMILES string of the molecule is CC.CC.CC.C[C@H](Nc1ccnc(-c2c[nH]c3ncccc23)n1)C(=O)NCC(F)(F)F. The molecule has 0 aromatic carbocycles. The third-order valence-electron chi connectivity index (χ3n) is 3.57. The minimum Gasteiger partial charge on any atom is -0.359 e. The summed E-state index contributed by atoms with van der Waals surface area (Å²) in [6.45, 7) is 12.1. The molecule has 1 atom stereocenters. The summed E-state index contributed by atoms with van der Waals surface area (Å²) in [6.07, 6.45) is 0.417. The molecule has 0 aliphatic carbocycles. The van der Waals surface area contributed by atoms with Crippen LogP contribution in [0.25, 0.3) is 22.4 Å². The summed E-state index contributed by atoms with van der Waals surface area (Å²) in [5.41, 5.74) is 1.41. The van der Waals surface area contributed by atoms with Crippen molar-refractivity contribution in [1.82, 2.24) is 25.3 Å². The highest BCUT2D eigenvalue weighted by molar-refractivity contribution is 5.91. The third kappa shape index (κ3) is 8.91. The number of aromatic nitrogens is 4. The number of anilines is 1. The van der Waals surface area contributed by atoms with Crippen LogP contribution < -0.4 is 10.6 Å². The zero-order valence-corrected chi connectivity index (χ0v) is 19.6. The zero-order valence-electron chi connectivity index (χ0n) is 19.6. The molecular weight excluding hydrogens is 421 g/mol. The third-order valence-corrected chi connectivity index (χ3v) is 3.57. The molecule has 0 bridgehead atoms. The molecule has 3 rings (SSSR count). The Morgan fingerprint density at radius 3 is 2.34 bits per heavy atom. The fourth-order valence-electron chi connectivity index (χ4n) is 2.34. The van der Waals surface area contributed by atoms with Gasteiger partial charge in [-0.1, -0.05) is 41.5 Å². The van der Waals surface area contributed by atoms with Crippen LogP contribution in [0.3, 0.4) is 0 Å². The normalized spacial score (nSPS) is 10.9. The minimum atomic E-state index is -4.46.